The van der Waals surface area contributed by atoms with Gasteiger partial charge in [-0.15, -0.1) is 0 Å². The Labute approximate surface area is 124 Å². The molecule has 0 aromatic carbocycles. The molecule has 3 heterocycles. The van der Waals surface area contributed by atoms with Gasteiger partial charge in [0.25, 0.3) is 0 Å². The molecule has 0 aliphatic carbocycles. The molecule has 1 unspecified atom stereocenters. The van der Waals surface area contributed by atoms with Crippen molar-refractivity contribution in [3.05, 3.63) is 30.1 Å². The number of amides is 1. The summed E-state index contributed by atoms with van der Waals surface area (Å²) in [6, 6.07) is 4.13. The van der Waals surface area contributed by atoms with Crippen LogP contribution in [0.2, 0.25) is 0 Å². The first-order chi connectivity index (χ1) is 10.1. The summed E-state index contributed by atoms with van der Waals surface area (Å²) in [6.07, 6.45) is 6.11. The third-order valence-corrected chi connectivity index (χ3v) is 4.51. The molecule has 1 aliphatic rings. The summed E-state index contributed by atoms with van der Waals surface area (Å²) in [6.45, 7) is 3.71. The molecule has 1 fully saturated rings. The van der Waals surface area contributed by atoms with Crippen LogP contribution >= 0.6 is 0 Å². The normalized spacial score (nSPS) is 18.1. The Kier molecular flexibility index (Phi) is 3.92. The summed E-state index contributed by atoms with van der Waals surface area (Å²) in [5.41, 5.74) is 7.81. The third-order valence-electron chi connectivity index (χ3n) is 4.51. The van der Waals surface area contributed by atoms with Crippen LogP contribution in [0.25, 0.3) is 11.0 Å². The van der Waals surface area contributed by atoms with Crippen molar-refractivity contribution < 1.29 is 4.79 Å². The van der Waals surface area contributed by atoms with Crippen molar-refractivity contribution in [2.24, 2.45) is 11.7 Å². The van der Waals surface area contributed by atoms with Crippen molar-refractivity contribution in [1.82, 2.24) is 14.9 Å². The van der Waals surface area contributed by atoms with Crippen LogP contribution in [0.4, 0.5) is 0 Å². The minimum atomic E-state index is 0.197. The lowest BCUT2D eigenvalue weighted by molar-refractivity contribution is -0.131. The Balaban J connectivity index is 1.65. The second-order valence-electron chi connectivity index (χ2n) is 5.97. The maximum Gasteiger partial charge on any atom is 0.227 e. The van der Waals surface area contributed by atoms with E-state index in [4.69, 9.17) is 5.73 Å². The predicted molar refractivity (Wildman–Crippen MR) is 82.8 cm³/mol. The van der Waals surface area contributed by atoms with Crippen molar-refractivity contribution in [2.45, 2.75) is 32.2 Å². The van der Waals surface area contributed by atoms with Gasteiger partial charge in [-0.1, -0.05) is 0 Å². The molecule has 0 bridgehead atoms. The Morgan fingerprint density at radius 1 is 1.52 bits per heavy atom. The Morgan fingerprint density at radius 2 is 2.29 bits per heavy atom. The molecule has 0 radical (unpaired) electrons. The highest BCUT2D eigenvalue weighted by molar-refractivity contribution is 5.87. The van der Waals surface area contributed by atoms with Gasteiger partial charge in [0, 0.05) is 36.9 Å². The minimum absolute atomic E-state index is 0.197. The van der Waals surface area contributed by atoms with Crippen LogP contribution in [0.15, 0.2) is 24.5 Å². The van der Waals surface area contributed by atoms with Crippen molar-refractivity contribution in [1.29, 1.82) is 0 Å². The summed E-state index contributed by atoms with van der Waals surface area (Å²) < 4.78 is 0. The molecule has 2 aromatic heterocycles. The minimum Gasteiger partial charge on any atom is -0.346 e. The quantitative estimate of drug-likeness (QED) is 0.901. The fourth-order valence-corrected chi connectivity index (χ4v) is 3.11. The second kappa shape index (κ2) is 5.85. The van der Waals surface area contributed by atoms with Crippen molar-refractivity contribution in [2.75, 3.05) is 13.1 Å². The summed E-state index contributed by atoms with van der Waals surface area (Å²) in [5.74, 6) is 0.745. The number of rotatable bonds is 3. The molecule has 3 rings (SSSR count). The maximum atomic E-state index is 12.4. The number of piperidine rings is 1. The van der Waals surface area contributed by atoms with Crippen molar-refractivity contribution >= 4 is 16.9 Å². The van der Waals surface area contributed by atoms with Crippen LogP contribution < -0.4 is 5.73 Å². The van der Waals surface area contributed by atoms with E-state index in [0.717, 1.165) is 42.5 Å². The van der Waals surface area contributed by atoms with Gasteiger partial charge in [0.1, 0.15) is 5.65 Å². The number of aromatic nitrogens is 2. The van der Waals surface area contributed by atoms with E-state index in [1.165, 1.54) is 0 Å². The number of pyridine rings is 1. The number of carbonyl (C=O) groups excluding carboxylic acids is 1. The Morgan fingerprint density at radius 3 is 3.00 bits per heavy atom. The molecular weight excluding hydrogens is 264 g/mol. The number of nitrogens with two attached hydrogens (primary N) is 1. The van der Waals surface area contributed by atoms with Gasteiger partial charge in [0.05, 0.1) is 6.42 Å². The zero-order valence-corrected chi connectivity index (χ0v) is 12.4. The molecule has 5 nitrogen and oxygen atoms in total. The zero-order valence-electron chi connectivity index (χ0n) is 12.4. The zero-order chi connectivity index (χ0) is 14.8. The van der Waals surface area contributed by atoms with Gasteiger partial charge in [-0.3, -0.25) is 4.79 Å². The van der Waals surface area contributed by atoms with E-state index >= 15 is 0 Å². The van der Waals surface area contributed by atoms with Gasteiger partial charge in [-0.25, -0.2) is 4.98 Å². The van der Waals surface area contributed by atoms with Gasteiger partial charge in [0.2, 0.25) is 5.91 Å². The Bertz CT molecular complexity index is 626. The van der Waals surface area contributed by atoms with Gasteiger partial charge in [0.15, 0.2) is 0 Å². The summed E-state index contributed by atoms with van der Waals surface area (Å²) >= 11 is 0. The maximum absolute atomic E-state index is 12.4. The number of nitrogens with one attached hydrogen (secondary N) is 1. The number of nitrogens with zero attached hydrogens (tertiary/aromatic N) is 2. The molecule has 2 aromatic rings. The van der Waals surface area contributed by atoms with E-state index in [-0.39, 0.29) is 11.9 Å². The lowest BCUT2D eigenvalue weighted by Gasteiger charge is -2.33. The highest BCUT2D eigenvalue weighted by Gasteiger charge is 2.25. The lowest BCUT2D eigenvalue weighted by Crippen LogP contribution is -2.43. The molecule has 0 saturated carbocycles. The molecule has 3 N–H and O–H groups in total. The molecule has 0 spiro atoms. The van der Waals surface area contributed by atoms with E-state index in [2.05, 4.69) is 16.9 Å². The number of H-pyrrole nitrogens is 1. The SMILES string of the molecule is CC(N)C1CCN(C(=O)Cc2c[nH]c3ncccc23)CC1. The largest absolute Gasteiger partial charge is 0.346 e. The van der Waals surface area contributed by atoms with Gasteiger partial charge >= 0.3 is 0 Å². The summed E-state index contributed by atoms with van der Waals surface area (Å²) in [5, 5.41) is 1.04. The van der Waals surface area contributed by atoms with Crippen LogP contribution in [-0.2, 0) is 11.2 Å². The average molecular weight is 286 g/mol. The predicted octanol–water partition coefficient (Wildman–Crippen LogP) is 1.69. The Hall–Kier alpha value is -1.88. The first kappa shape index (κ1) is 14.1. The summed E-state index contributed by atoms with van der Waals surface area (Å²) in [4.78, 5) is 21.8. The van der Waals surface area contributed by atoms with Crippen molar-refractivity contribution in [3.63, 3.8) is 0 Å². The number of aromatic amines is 1. The number of hydrogen-bond acceptors (Lipinski definition) is 3. The van der Waals surface area contributed by atoms with E-state index in [0.29, 0.717) is 12.3 Å². The van der Waals surface area contributed by atoms with Crippen LogP contribution in [0.5, 0.6) is 0 Å². The standard InChI is InChI=1S/C16H22N4O/c1-11(17)12-4-7-20(8-5-12)15(21)9-13-10-19-16-14(13)3-2-6-18-16/h2-3,6,10-12H,4-5,7-9,17H2,1H3,(H,18,19). The number of likely N-dealkylation sites (tertiary alicyclic amines) is 1. The molecule has 112 valence electrons. The highest BCUT2D eigenvalue weighted by atomic mass is 16.2. The number of carbonyl (C=O) groups is 1. The fraction of sp³-hybridized carbons (Fsp3) is 0.500. The molecule has 1 atom stereocenters. The topological polar surface area (TPSA) is 75.0 Å². The van der Waals surface area contributed by atoms with E-state index in [1.54, 1.807) is 6.20 Å². The van der Waals surface area contributed by atoms with Gasteiger partial charge < -0.3 is 15.6 Å². The molecular formula is C16H22N4O. The smallest absolute Gasteiger partial charge is 0.227 e. The van der Waals surface area contributed by atoms with Crippen LogP contribution in [0, 0.1) is 5.92 Å². The molecule has 1 aliphatic heterocycles. The fourth-order valence-electron chi connectivity index (χ4n) is 3.11. The molecule has 21 heavy (non-hydrogen) atoms. The number of fused-ring (bicyclic) bond motifs is 1. The lowest BCUT2D eigenvalue weighted by atomic mass is 9.91. The van der Waals surface area contributed by atoms with E-state index in [9.17, 15) is 4.79 Å². The van der Waals surface area contributed by atoms with Crippen LogP contribution in [0.1, 0.15) is 25.3 Å². The van der Waals surface area contributed by atoms with E-state index in [1.807, 2.05) is 23.2 Å². The van der Waals surface area contributed by atoms with Crippen molar-refractivity contribution in [3.8, 4) is 0 Å². The third kappa shape index (κ3) is 2.93. The van der Waals surface area contributed by atoms with Gasteiger partial charge in [-0.05, 0) is 43.4 Å². The molecule has 5 heteroatoms. The first-order valence-corrected chi connectivity index (χ1v) is 7.59. The average Bonchev–Trinajstić information content (AvgIpc) is 2.91. The van der Waals surface area contributed by atoms with Gasteiger partial charge in [-0.2, -0.15) is 0 Å². The highest BCUT2D eigenvalue weighted by Crippen LogP contribution is 2.21. The number of hydrogen-bond donors (Lipinski definition) is 2. The second-order valence-corrected chi connectivity index (χ2v) is 5.97. The summed E-state index contributed by atoms with van der Waals surface area (Å²) in [7, 11) is 0. The molecule has 1 amide bonds. The van der Waals surface area contributed by atoms with Crippen LogP contribution in [0.3, 0.4) is 0 Å². The van der Waals surface area contributed by atoms with E-state index < -0.39 is 0 Å². The first-order valence-electron chi connectivity index (χ1n) is 7.59. The van der Waals surface area contributed by atoms with Crippen LogP contribution in [-0.4, -0.2) is 39.9 Å². The monoisotopic (exact) mass is 286 g/mol. The molecule has 1 saturated heterocycles.